The minimum absolute atomic E-state index is 0.102. The lowest BCUT2D eigenvalue weighted by Gasteiger charge is -2.15. The Bertz CT molecular complexity index is 1040. The number of benzene rings is 1. The van der Waals surface area contributed by atoms with Crippen LogP contribution in [0.25, 0.3) is 0 Å². The number of amides is 2. The molecule has 0 radical (unpaired) electrons. The summed E-state index contributed by atoms with van der Waals surface area (Å²) in [5.74, 6) is -0.585. The molecule has 0 spiro atoms. The van der Waals surface area contributed by atoms with Crippen LogP contribution in [0.5, 0.6) is 0 Å². The molecule has 0 fully saturated rings. The van der Waals surface area contributed by atoms with Crippen molar-refractivity contribution in [2.75, 3.05) is 10.6 Å². The maximum atomic E-state index is 12.6. The van der Waals surface area contributed by atoms with Crippen LogP contribution < -0.4 is 10.6 Å². The van der Waals surface area contributed by atoms with E-state index >= 15 is 0 Å². The van der Waals surface area contributed by atoms with Gasteiger partial charge in [0.15, 0.2) is 0 Å². The Morgan fingerprint density at radius 1 is 1.11 bits per heavy atom. The van der Waals surface area contributed by atoms with Crippen LogP contribution in [-0.4, -0.2) is 26.8 Å². The van der Waals surface area contributed by atoms with Gasteiger partial charge in [0.05, 0.1) is 22.1 Å². The molecule has 0 aliphatic rings. The summed E-state index contributed by atoms with van der Waals surface area (Å²) in [4.78, 5) is 24.7. The Morgan fingerprint density at radius 2 is 1.86 bits per heavy atom. The Balaban J connectivity index is 1.69. The summed E-state index contributed by atoms with van der Waals surface area (Å²) in [6.07, 6.45) is 0. The zero-order valence-corrected chi connectivity index (χ0v) is 16.7. The van der Waals surface area contributed by atoms with Crippen LogP contribution in [0.15, 0.2) is 34.9 Å². The lowest BCUT2D eigenvalue weighted by molar-refractivity contribution is -0.119. The van der Waals surface area contributed by atoms with Gasteiger partial charge in [0, 0.05) is 17.4 Å². The molecule has 0 aliphatic carbocycles. The van der Waals surface area contributed by atoms with E-state index in [4.69, 9.17) is 16.1 Å². The minimum atomic E-state index is -0.501. The monoisotopic (exact) mass is 401 g/mol. The van der Waals surface area contributed by atoms with Crippen molar-refractivity contribution in [3.63, 3.8) is 0 Å². The van der Waals surface area contributed by atoms with Gasteiger partial charge in [-0.25, -0.2) is 0 Å². The van der Waals surface area contributed by atoms with Gasteiger partial charge in [-0.3, -0.25) is 14.3 Å². The van der Waals surface area contributed by atoms with E-state index in [1.165, 1.54) is 6.07 Å². The summed E-state index contributed by atoms with van der Waals surface area (Å²) in [6.45, 7) is 7.25. The first kappa shape index (κ1) is 19.6. The van der Waals surface area contributed by atoms with Crippen molar-refractivity contribution in [1.82, 2.24) is 14.9 Å². The molecule has 3 rings (SSSR count). The van der Waals surface area contributed by atoms with Gasteiger partial charge in [0.25, 0.3) is 5.91 Å². The molecule has 0 saturated carbocycles. The molecule has 0 saturated heterocycles. The number of aromatic nitrogens is 3. The fourth-order valence-electron chi connectivity index (χ4n) is 2.74. The van der Waals surface area contributed by atoms with Crippen molar-refractivity contribution >= 4 is 34.8 Å². The summed E-state index contributed by atoms with van der Waals surface area (Å²) in [6, 6.07) is 7.74. The van der Waals surface area contributed by atoms with Gasteiger partial charge in [-0.15, -0.1) is 0 Å². The molecule has 146 valence electrons. The van der Waals surface area contributed by atoms with Gasteiger partial charge in [0.1, 0.15) is 6.04 Å². The fourth-order valence-corrected chi connectivity index (χ4v) is 2.97. The van der Waals surface area contributed by atoms with Gasteiger partial charge in [-0.1, -0.05) is 16.8 Å². The molecule has 2 N–H and O–H groups in total. The Morgan fingerprint density at radius 3 is 2.43 bits per heavy atom. The van der Waals surface area contributed by atoms with Crippen molar-refractivity contribution in [3.05, 3.63) is 58.2 Å². The molecule has 28 heavy (non-hydrogen) atoms. The predicted octanol–water partition coefficient (Wildman–Crippen LogP) is 3.90. The van der Waals surface area contributed by atoms with Crippen LogP contribution in [-0.2, 0) is 4.79 Å². The highest BCUT2D eigenvalue weighted by Crippen LogP contribution is 2.27. The fraction of sp³-hybridized carbons (Fsp3) is 0.263. The molecule has 2 heterocycles. The minimum Gasteiger partial charge on any atom is -0.351 e. The Hall–Kier alpha value is -3.13. The van der Waals surface area contributed by atoms with Gasteiger partial charge in [0.2, 0.25) is 11.7 Å². The zero-order chi connectivity index (χ0) is 20.4. The van der Waals surface area contributed by atoms with Crippen molar-refractivity contribution in [2.24, 2.45) is 0 Å². The topological polar surface area (TPSA) is 102 Å². The predicted molar refractivity (Wildman–Crippen MR) is 106 cm³/mol. The highest BCUT2D eigenvalue weighted by atomic mass is 35.5. The van der Waals surface area contributed by atoms with Gasteiger partial charge in [-0.05, 0) is 52.0 Å². The highest BCUT2D eigenvalue weighted by molar-refractivity contribution is 6.34. The molecule has 2 aromatic heterocycles. The molecule has 2 amide bonds. The number of carbonyl (C=O) groups excluding carboxylic acids is 2. The summed E-state index contributed by atoms with van der Waals surface area (Å²) in [5.41, 5.74) is 3.25. The van der Waals surface area contributed by atoms with Crippen molar-refractivity contribution < 1.29 is 14.1 Å². The van der Waals surface area contributed by atoms with E-state index in [0.717, 1.165) is 11.4 Å². The molecule has 0 bridgehead atoms. The average Bonchev–Trinajstić information content (AvgIpc) is 3.21. The third-order valence-electron chi connectivity index (χ3n) is 4.13. The van der Waals surface area contributed by atoms with E-state index in [0.29, 0.717) is 22.1 Å². The third-order valence-corrected chi connectivity index (χ3v) is 4.44. The van der Waals surface area contributed by atoms with Crippen LogP contribution in [0.1, 0.15) is 40.6 Å². The highest BCUT2D eigenvalue weighted by Gasteiger charge is 2.19. The van der Waals surface area contributed by atoms with Gasteiger partial charge >= 0.3 is 0 Å². The Kier molecular flexibility index (Phi) is 5.51. The molecular formula is C19H20ClN5O3. The summed E-state index contributed by atoms with van der Waals surface area (Å²) in [7, 11) is 0. The van der Waals surface area contributed by atoms with Gasteiger partial charge < -0.3 is 15.2 Å². The number of halogens is 1. The summed E-state index contributed by atoms with van der Waals surface area (Å²) >= 11 is 6.27. The van der Waals surface area contributed by atoms with Crippen LogP contribution in [0, 0.1) is 20.8 Å². The number of hydrogen-bond donors (Lipinski definition) is 2. The molecule has 1 atom stereocenters. The molecule has 8 nitrogen and oxygen atoms in total. The molecule has 9 heteroatoms. The average molecular weight is 402 g/mol. The molecule has 0 aliphatic heterocycles. The number of rotatable bonds is 5. The second-order valence-corrected chi connectivity index (χ2v) is 6.93. The zero-order valence-electron chi connectivity index (χ0n) is 15.9. The van der Waals surface area contributed by atoms with E-state index in [9.17, 15) is 9.59 Å². The van der Waals surface area contributed by atoms with E-state index in [1.54, 1.807) is 36.7 Å². The second-order valence-electron chi connectivity index (χ2n) is 6.52. The standard InChI is InChI=1S/C19H20ClN5O3/c1-10-7-12(3)25(23-10)13(4)18(26)22-16-6-5-14(9-15(16)20)21-19(27)17-8-11(2)24-28-17/h5-9,13H,1-4H3,(H,21,27)(H,22,26). The number of aryl methyl sites for hydroxylation is 3. The number of anilines is 2. The molecule has 1 unspecified atom stereocenters. The Labute approximate surface area is 166 Å². The van der Waals surface area contributed by atoms with Crippen LogP contribution in [0.2, 0.25) is 5.02 Å². The first-order valence-electron chi connectivity index (χ1n) is 8.62. The van der Waals surface area contributed by atoms with Crippen LogP contribution in [0.3, 0.4) is 0 Å². The first-order valence-corrected chi connectivity index (χ1v) is 9.00. The second kappa shape index (κ2) is 7.85. The quantitative estimate of drug-likeness (QED) is 0.675. The summed E-state index contributed by atoms with van der Waals surface area (Å²) in [5, 5.41) is 13.8. The van der Waals surface area contributed by atoms with Crippen molar-refractivity contribution in [2.45, 2.75) is 33.7 Å². The van der Waals surface area contributed by atoms with E-state index in [2.05, 4.69) is 20.9 Å². The van der Waals surface area contributed by atoms with E-state index < -0.39 is 11.9 Å². The first-order chi connectivity index (χ1) is 13.2. The lowest BCUT2D eigenvalue weighted by Crippen LogP contribution is -2.25. The number of nitrogens with one attached hydrogen (secondary N) is 2. The largest absolute Gasteiger partial charge is 0.351 e. The lowest BCUT2D eigenvalue weighted by atomic mass is 10.2. The molecule has 3 aromatic rings. The van der Waals surface area contributed by atoms with Crippen LogP contribution in [0.4, 0.5) is 11.4 Å². The SMILES string of the molecule is Cc1cc(C(=O)Nc2ccc(NC(=O)C(C)n3nc(C)cc3C)c(Cl)c2)on1. The van der Waals surface area contributed by atoms with Gasteiger partial charge in [-0.2, -0.15) is 5.10 Å². The maximum absolute atomic E-state index is 12.6. The molecular weight excluding hydrogens is 382 g/mol. The van der Waals surface area contributed by atoms with Crippen LogP contribution >= 0.6 is 11.6 Å². The normalized spacial score (nSPS) is 11.9. The third kappa shape index (κ3) is 4.23. The van der Waals surface area contributed by atoms with Crippen molar-refractivity contribution in [1.29, 1.82) is 0 Å². The number of nitrogens with zero attached hydrogens (tertiary/aromatic N) is 3. The number of hydrogen-bond acceptors (Lipinski definition) is 5. The van der Waals surface area contributed by atoms with E-state index in [1.807, 2.05) is 19.9 Å². The van der Waals surface area contributed by atoms with E-state index in [-0.39, 0.29) is 11.7 Å². The summed E-state index contributed by atoms with van der Waals surface area (Å²) < 4.78 is 6.58. The van der Waals surface area contributed by atoms with Crippen molar-refractivity contribution in [3.8, 4) is 0 Å². The molecule has 1 aromatic carbocycles. The number of carbonyl (C=O) groups is 2. The smallest absolute Gasteiger partial charge is 0.294 e. The maximum Gasteiger partial charge on any atom is 0.294 e.